The predicted molar refractivity (Wildman–Crippen MR) is 70.2 cm³/mol. The number of hydrogen-bond donors (Lipinski definition) is 1. The van der Waals surface area contributed by atoms with Crippen molar-refractivity contribution in [3.63, 3.8) is 0 Å². The predicted octanol–water partition coefficient (Wildman–Crippen LogP) is 3.14. The lowest BCUT2D eigenvalue weighted by atomic mass is 9.71. The van der Waals surface area contributed by atoms with E-state index in [1.54, 1.807) is 0 Å². The average Bonchev–Trinajstić information content (AvgIpc) is 2.34. The third kappa shape index (κ3) is 2.00. The molecule has 1 aromatic rings. The summed E-state index contributed by atoms with van der Waals surface area (Å²) in [7, 11) is 1.85. The molecule has 2 nitrogen and oxygen atoms in total. The quantitative estimate of drug-likeness (QED) is 0.875. The molecule has 3 heteroatoms. The molecule has 0 heterocycles. The van der Waals surface area contributed by atoms with Crippen LogP contribution in [0.3, 0.4) is 0 Å². The van der Waals surface area contributed by atoms with E-state index in [4.69, 9.17) is 11.6 Å². The zero-order valence-electron chi connectivity index (χ0n) is 10.3. The summed E-state index contributed by atoms with van der Waals surface area (Å²) in [4.78, 5) is 12.5. The highest BCUT2D eigenvalue weighted by atomic mass is 35.5. The van der Waals surface area contributed by atoms with Gasteiger partial charge in [-0.2, -0.15) is 0 Å². The number of Topliss-reactive ketones (excluding diaryl/α,β-unsaturated/α-hetero) is 1. The fraction of sp³-hybridized carbons (Fsp3) is 0.500. The van der Waals surface area contributed by atoms with Crippen molar-refractivity contribution in [2.24, 2.45) is 5.92 Å². The number of halogens is 1. The van der Waals surface area contributed by atoms with E-state index in [-0.39, 0.29) is 11.7 Å². The van der Waals surface area contributed by atoms with Gasteiger partial charge >= 0.3 is 0 Å². The maximum absolute atomic E-state index is 12.5. The average molecular weight is 252 g/mol. The van der Waals surface area contributed by atoms with Crippen LogP contribution in [-0.4, -0.2) is 12.8 Å². The van der Waals surface area contributed by atoms with Crippen molar-refractivity contribution in [1.29, 1.82) is 0 Å². The number of benzene rings is 1. The molecule has 0 amide bonds. The van der Waals surface area contributed by atoms with Crippen molar-refractivity contribution < 1.29 is 4.79 Å². The minimum Gasteiger partial charge on any atom is -0.304 e. The summed E-state index contributed by atoms with van der Waals surface area (Å²) in [5, 5.41) is 3.89. The van der Waals surface area contributed by atoms with Crippen molar-refractivity contribution in [1.82, 2.24) is 5.32 Å². The first-order chi connectivity index (χ1) is 8.12. The SMILES string of the molecule is CN[C@@]1(c2ccccc2Cl)CCCC(C)C1=O. The molecule has 0 saturated heterocycles. The normalized spacial score (nSPS) is 29.4. The topological polar surface area (TPSA) is 29.1 Å². The molecule has 0 aromatic heterocycles. The number of nitrogens with one attached hydrogen (secondary N) is 1. The highest BCUT2D eigenvalue weighted by molar-refractivity contribution is 6.31. The first kappa shape index (κ1) is 12.6. The molecule has 1 aliphatic carbocycles. The Bertz CT molecular complexity index is 432. The molecule has 0 spiro atoms. The minimum absolute atomic E-state index is 0.104. The Morgan fingerprint density at radius 1 is 1.41 bits per heavy atom. The van der Waals surface area contributed by atoms with Gasteiger partial charge in [0, 0.05) is 10.9 Å². The lowest BCUT2D eigenvalue weighted by Gasteiger charge is -2.39. The molecule has 2 rings (SSSR count). The minimum atomic E-state index is -0.587. The van der Waals surface area contributed by atoms with E-state index >= 15 is 0 Å². The Balaban J connectivity index is 2.50. The summed E-state index contributed by atoms with van der Waals surface area (Å²) in [6.07, 6.45) is 2.86. The standard InChI is InChI=1S/C14H18ClNO/c1-10-6-5-9-14(16-2,13(10)17)11-7-3-4-8-12(11)15/h3-4,7-8,10,16H,5-6,9H2,1-2H3/t10?,14-/m1/s1. The van der Waals surface area contributed by atoms with Gasteiger partial charge in [0.1, 0.15) is 5.54 Å². The monoisotopic (exact) mass is 251 g/mol. The van der Waals surface area contributed by atoms with Gasteiger partial charge in [0.25, 0.3) is 0 Å². The van der Waals surface area contributed by atoms with Crippen molar-refractivity contribution in [2.75, 3.05) is 7.05 Å². The molecule has 0 bridgehead atoms. The summed E-state index contributed by atoms with van der Waals surface area (Å²) < 4.78 is 0. The van der Waals surface area contributed by atoms with Crippen LogP contribution < -0.4 is 5.32 Å². The smallest absolute Gasteiger partial charge is 0.160 e. The second-order valence-corrected chi connectivity index (χ2v) is 5.20. The van der Waals surface area contributed by atoms with Crippen molar-refractivity contribution in [3.8, 4) is 0 Å². The molecule has 0 aliphatic heterocycles. The first-order valence-corrected chi connectivity index (χ1v) is 6.48. The van der Waals surface area contributed by atoms with E-state index in [9.17, 15) is 4.79 Å². The van der Waals surface area contributed by atoms with Gasteiger partial charge in [0.05, 0.1) is 0 Å². The van der Waals surface area contributed by atoms with Crippen LogP contribution >= 0.6 is 11.6 Å². The van der Waals surface area contributed by atoms with Crippen molar-refractivity contribution in [2.45, 2.75) is 31.7 Å². The number of ketones is 1. The van der Waals surface area contributed by atoms with E-state index in [1.165, 1.54) is 0 Å². The summed E-state index contributed by atoms with van der Waals surface area (Å²) in [6, 6.07) is 7.64. The largest absolute Gasteiger partial charge is 0.304 e. The summed E-state index contributed by atoms with van der Waals surface area (Å²) in [5.41, 5.74) is 0.330. The Labute approximate surface area is 107 Å². The molecule has 1 N–H and O–H groups in total. The van der Waals surface area contributed by atoms with Crippen molar-refractivity contribution >= 4 is 17.4 Å². The van der Waals surface area contributed by atoms with E-state index < -0.39 is 5.54 Å². The summed E-state index contributed by atoms with van der Waals surface area (Å²) >= 11 is 6.25. The van der Waals surface area contributed by atoms with Crippen LogP contribution in [0.4, 0.5) is 0 Å². The number of carbonyl (C=O) groups excluding carboxylic acids is 1. The van der Waals surface area contributed by atoms with Gasteiger partial charge in [-0.15, -0.1) is 0 Å². The summed E-state index contributed by atoms with van der Waals surface area (Å²) in [5.74, 6) is 0.367. The van der Waals surface area contributed by atoms with E-state index in [1.807, 2.05) is 38.2 Å². The molecule has 1 aromatic carbocycles. The Kier molecular flexibility index (Phi) is 3.55. The van der Waals surface area contributed by atoms with Gasteiger partial charge in [-0.1, -0.05) is 43.1 Å². The molecular weight excluding hydrogens is 234 g/mol. The molecule has 1 fully saturated rings. The fourth-order valence-corrected chi connectivity index (χ4v) is 3.10. The van der Waals surface area contributed by atoms with Gasteiger partial charge in [0.2, 0.25) is 0 Å². The number of carbonyl (C=O) groups is 1. The van der Waals surface area contributed by atoms with Gasteiger partial charge < -0.3 is 5.32 Å². The zero-order valence-corrected chi connectivity index (χ0v) is 11.1. The maximum atomic E-state index is 12.5. The number of rotatable bonds is 2. The van der Waals surface area contributed by atoms with Crippen molar-refractivity contribution in [3.05, 3.63) is 34.9 Å². The Morgan fingerprint density at radius 2 is 2.12 bits per heavy atom. The van der Waals surface area contributed by atoms with E-state index in [0.717, 1.165) is 24.8 Å². The second kappa shape index (κ2) is 4.79. The molecule has 1 saturated carbocycles. The van der Waals surface area contributed by atoms with Crippen LogP contribution in [0, 0.1) is 5.92 Å². The lowest BCUT2D eigenvalue weighted by Crippen LogP contribution is -2.52. The van der Waals surface area contributed by atoms with Gasteiger partial charge in [-0.05, 0) is 31.5 Å². The number of likely N-dealkylation sites (N-methyl/N-ethyl adjacent to an activating group) is 1. The van der Waals surface area contributed by atoms with Crippen LogP contribution in [0.25, 0.3) is 0 Å². The number of hydrogen-bond acceptors (Lipinski definition) is 2. The van der Waals surface area contributed by atoms with E-state index in [2.05, 4.69) is 5.32 Å². The van der Waals surface area contributed by atoms with Crippen LogP contribution in [0.1, 0.15) is 31.7 Å². The van der Waals surface area contributed by atoms with Crippen LogP contribution in [0.5, 0.6) is 0 Å². The second-order valence-electron chi connectivity index (χ2n) is 4.79. The van der Waals surface area contributed by atoms with Crippen LogP contribution in [-0.2, 0) is 10.3 Å². The molecule has 0 radical (unpaired) electrons. The first-order valence-electron chi connectivity index (χ1n) is 6.10. The highest BCUT2D eigenvalue weighted by Crippen LogP contribution is 2.39. The third-order valence-corrected chi connectivity index (χ3v) is 4.15. The van der Waals surface area contributed by atoms with Crippen LogP contribution in [0.2, 0.25) is 5.02 Å². The molecule has 2 atom stereocenters. The molecule has 17 heavy (non-hydrogen) atoms. The third-order valence-electron chi connectivity index (χ3n) is 3.82. The van der Waals surface area contributed by atoms with Gasteiger partial charge in [-0.25, -0.2) is 0 Å². The Hall–Kier alpha value is -0.860. The molecule has 1 unspecified atom stereocenters. The zero-order chi connectivity index (χ0) is 12.5. The Morgan fingerprint density at radius 3 is 2.76 bits per heavy atom. The summed E-state index contributed by atoms with van der Waals surface area (Å²) in [6.45, 7) is 2.00. The van der Waals surface area contributed by atoms with Gasteiger partial charge in [-0.3, -0.25) is 4.79 Å². The van der Waals surface area contributed by atoms with Crippen LogP contribution in [0.15, 0.2) is 24.3 Å². The maximum Gasteiger partial charge on any atom is 0.160 e. The molecule has 92 valence electrons. The van der Waals surface area contributed by atoms with E-state index in [0.29, 0.717) is 5.02 Å². The molecular formula is C14H18ClNO. The lowest BCUT2D eigenvalue weighted by molar-refractivity contribution is -0.132. The highest BCUT2D eigenvalue weighted by Gasteiger charge is 2.44. The molecule has 1 aliphatic rings. The van der Waals surface area contributed by atoms with Gasteiger partial charge in [0.15, 0.2) is 5.78 Å². The fourth-order valence-electron chi connectivity index (χ4n) is 2.81.